The number of fused-ring (bicyclic) bond motifs is 4. The Labute approximate surface area is 108 Å². The fourth-order valence-corrected chi connectivity index (χ4v) is 3.32. The molecule has 2 aliphatic heterocycles. The molecule has 0 aliphatic carbocycles. The predicted octanol–water partition coefficient (Wildman–Crippen LogP) is 0.617. The van der Waals surface area contributed by atoms with E-state index >= 15 is 0 Å². The van der Waals surface area contributed by atoms with Crippen LogP contribution in [-0.2, 0) is 13.1 Å². The van der Waals surface area contributed by atoms with Gasteiger partial charge in [-0.2, -0.15) is 0 Å². The summed E-state index contributed by atoms with van der Waals surface area (Å²) in [4.78, 5) is 14.3. The largest absolute Gasteiger partial charge is 0.316 e. The molecule has 1 fully saturated rings. The molecule has 0 radical (unpaired) electrons. The van der Waals surface area contributed by atoms with Crippen LogP contribution in [0.25, 0.3) is 0 Å². The molecule has 0 amide bonds. The van der Waals surface area contributed by atoms with Gasteiger partial charge in [0.05, 0.1) is 0 Å². The van der Waals surface area contributed by atoms with Gasteiger partial charge in [0, 0.05) is 37.3 Å². The first-order chi connectivity index (χ1) is 8.63. The number of rotatable bonds is 2. The van der Waals surface area contributed by atoms with Crippen molar-refractivity contribution in [2.45, 2.75) is 25.4 Å². The maximum Gasteiger partial charge on any atom is 0.251 e. The van der Waals surface area contributed by atoms with Crippen molar-refractivity contribution in [2.75, 3.05) is 27.2 Å². The Morgan fingerprint density at radius 1 is 1.39 bits per heavy atom. The molecule has 1 N–H and O–H groups in total. The van der Waals surface area contributed by atoms with Crippen LogP contribution in [0.2, 0.25) is 0 Å². The van der Waals surface area contributed by atoms with Crippen LogP contribution in [0.4, 0.5) is 0 Å². The van der Waals surface area contributed by atoms with E-state index < -0.39 is 0 Å². The Balaban J connectivity index is 2.02. The molecular formula is C14H21N3O. The van der Waals surface area contributed by atoms with Gasteiger partial charge in [0.1, 0.15) is 0 Å². The molecule has 0 spiro atoms. The van der Waals surface area contributed by atoms with Gasteiger partial charge in [-0.1, -0.05) is 0 Å². The topological polar surface area (TPSA) is 37.3 Å². The van der Waals surface area contributed by atoms with E-state index in [0.29, 0.717) is 11.8 Å². The van der Waals surface area contributed by atoms with Crippen molar-refractivity contribution < 1.29 is 0 Å². The second-order valence-electron chi connectivity index (χ2n) is 5.93. The highest BCUT2D eigenvalue weighted by molar-refractivity contribution is 5.23. The van der Waals surface area contributed by atoms with Crippen LogP contribution in [-0.4, -0.2) is 36.7 Å². The summed E-state index contributed by atoms with van der Waals surface area (Å²) >= 11 is 0. The molecule has 0 aromatic carbocycles. The lowest BCUT2D eigenvalue weighted by Gasteiger charge is -2.37. The summed E-state index contributed by atoms with van der Waals surface area (Å²) in [5.41, 5.74) is 2.56. The van der Waals surface area contributed by atoms with Gasteiger partial charge in [0.15, 0.2) is 0 Å². The van der Waals surface area contributed by atoms with Gasteiger partial charge >= 0.3 is 0 Å². The first-order valence-corrected chi connectivity index (χ1v) is 6.72. The summed E-state index contributed by atoms with van der Waals surface area (Å²) in [5, 5.41) is 3.48. The van der Waals surface area contributed by atoms with Crippen LogP contribution in [0.1, 0.15) is 23.6 Å². The van der Waals surface area contributed by atoms with Crippen LogP contribution in [0, 0.1) is 5.92 Å². The van der Waals surface area contributed by atoms with Gasteiger partial charge in [-0.25, -0.2) is 0 Å². The Bertz CT molecular complexity index is 506. The quantitative estimate of drug-likeness (QED) is 0.832. The lowest BCUT2D eigenvalue weighted by molar-refractivity contribution is 0.256. The molecule has 1 aromatic heterocycles. The summed E-state index contributed by atoms with van der Waals surface area (Å²) in [6.45, 7) is 3.80. The number of piperidine rings is 1. The van der Waals surface area contributed by atoms with Crippen molar-refractivity contribution in [2.24, 2.45) is 5.92 Å². The number of nitrogens with zero attached hydrogens (tertiary/aromatic N) is 2. The Kier molecular flexibility index (Phi) is 2.99. The Morgan fingerprint density at radius 3 is 3.00 bits per heavy atom. The van der Waals surface area contributed by atoms with Crippen molar-refractivity contribution >= 4 is 0 Å². The van der Waals surface area contributed by atoms with Crippen LogP contribution < -0.4 is 10.9 Å². The van der Waals surface area contributed by atoms with E-state index in [1.165, 1.54) is 12.1 Å². The molecular weight excluding hydrogens is 226 g/mol. The van der Waals surface area contributed by atoms with Crippen LogP contribution in [0.3, 0.4) is 0 Å². The minimum atomic E-state index is 0.181. The molecule has 0 saturated carbocycles. The number of hydrogen-bond donors (Lipinski definition) is 1. The summed E-state index contributed by atoms with van der Waals surface area (Å²) in [6.07, 6.45) is 1.23. The molecule has 18 heavy (non-hydrogen) atoms. The molecule has 98 valence electrons. The second kappa shape index (κ2) is 4.52. The van der Waals surface area contributed by atoms with Crippen molar-refractivity contribution in [3.05, 3.63) is 33.7 Å². The summed E-state index contributed by atoms with van der Waals surface area (Å²) in [7, 11) is 4.07. The van der Waals surface area contributed by atoms with E-state index in [-0.39, 0.29) is 5.56 Å². The molecule has 1 saturated heterocycles. The summed E-state index contributed by atoms with van der Waals surface area (Å²) < 4.78 is 2.00. The van der Waals surface area contributed by atoms with E-state index in [9.17, 15) is 4.79 Å². The third kappa shape index (κ3) is 2.10. The Hall–Kier alpha value is -1.13. The minimum absolute atomic E-state index is 0.181. The minimum Gasteiger partial charge on any atom is -0.316 e. The molecule has 2 bridgehead atoms. The van der Waals surface area contributed by atoms with E-state index in [2.05, 4.69) is 16.3 Å². The third-order valence-corrected chi connectivity index (χ3v) is 4.02. The predicted molar refractivity (Wildman–Crippen MR) is 71.8 cm³/mol. The number of hydrogen-bond acceptors (Lipinski definition) is 3. The molecule has 4 heteroatoms. The third-order valence-electron chi connectivity index (χ3n) is 4.02. The SMILES string of the molecule is CN(C)Cc1cc2n(c(=O)c1)CC1CNC[C@@H]2C1. The molecule has 4 nitrogen and oxygen atoms in total. The van der Waals surface area contributed by atoms with Crippen molar-refractivity contribution in [3.63, 3.8) is 0 Å². The maximum absolute atomic E-state index is 12.2. The monoisotopic (exact) mass is 247 g/mol. The summed E-state index contributed by atoms with van der Waals surface area (Å²) in [5.74, 6) is 1.15. The van der Waals surface area contributed by atoms with Crippen LogP contribution in [0.15, 0.2) is 16.9 Å². The lowest BCUT2D eigenvalue weighted by Crippen LogP contribution is -2.45. The average Bonchev–Trinajstić information content (AvgIpc) is 2.31. The highest BCUT2D eigenvalue weighted by atomic mass is 16.1. The molecule has 2 atom stereocenters. The Morgan fingerprint density at radius 2 is 2.22 bits per heavy atom. The molecule has 3 heterocycles. The smallest absolute Gasteiger partial charge is 0.251 e. The van der Waals surface area contributed by atoms with Gasteiger partial charge in [-0.15, -0.1) is 0 Å². The molecule has 3 rings (SSSR count). The fraction of sp³-hybridized carbons (Fsp3) is 0.643. The normalized spacial score (nSPS) is 26.2. The molecule has 1 unspecified atom stereocenters. The van der Waals surface area contributed by atoms with Gasteiger partial charge < -0.3 is 14.8 Å². The molecule has 1 aromatic rings. The van der Waals surface area contributed by atoms with Gasteiger partial charge in [0.25, 0.3) is 5.56 Å². The van der Waals surface area contributed by atoms with Crippen molar-refractivity contribution in [3.8, 4) is 0 Å². The second-order valence-corrected chi connectivity index (χ2v) is 5.93. The van der Waals surface area contributed by atoms with Gasteiger partial charge in [0.2, 0.25) is 0 Å². The fourth-order valence-electron chi connectivity index (χ4n) is 3.32. The maximum atomic E-state index is 12.2. The molecule has 2 aliphatic rings. The highest BCUT2D eigenvalue weighted by Gasteiger charge is 2.30. The van der Waals surface area contributed by atoms with E-state index in [1.54, 1.807) is 6.07 Å². The van der Waals surface area contributed by atoms with Crippen LogP contribution in [0.5, 0.6) is 0 Å². The van der Waals surface area contributed by atoms with E-state index in [1.807, 2.05) is 18.7 Å². The van der Waals surface area contributed by atoms with Gasteiger partial charge in [-0.05, 0) is 44.6 Å². The van der Waals surface area contributed by atoms with Gasteiger partial charge in [-0.3, -0.25) is 4.79 Å². The standard InChI is InChI=1S/C14H21N3O/c1-16(2)8-10-4-13-12-3-11(6-15-7-12)9-17(13)14(18)5-10/h4-5,11-12,15H,3,6-9H2,1-2H3/t11?,12-/m0/s1. The first-order valence-electron chi connectivity index (χ1n) is 6.72. The lowest BCUT2D eigenvalue weighted by atomic mass is 9.84. The van der Waals surface area contributed by atoms with Crippen molar-refractivity contribution in [1.29, 1.82) is 0 Å². The van der Waals surface area contributed by atoms with E-state index in [4.69, 9.17) is 0 Å². The number of nitrogens with one attached hydrogen (secondary N) is 1. The van der Waals surface area contributed by atoms with Crippen LogP contribution >= 0.6 is 0 Å². The highest BCUT2D eigenvalue weighted by Crippen LogP contribution is 2.32. The first kappa shape index (κ1) is 11.9. The zero-order valence-electron chi connectivity index (χ0n) is 11.1. The zero-order chi connectivity index (χ0) is 12.7. The van der Waals surface area contributed by atoms with E-state index in [0.717, 1.165) is 31.7 Å². The average molecular weight is 247 g/mol. The zero-order valence-corrected chi connectivity index (χ0v) is 11.1. The summed E-state index contributed by atoms with van der Waals surface area (Å²) in [6, 6.07) is 4.03. The number of aromatic nitrogens is 1. The number of pyridine rings is 1. The van der Waals surface area contributed by atoms with Crippen molar-refractivity contribution in [1.82, 2.24) is 14.8 Å².